The molecule has 0 saturated carbocycles. The molecule has 0 fully saturated rings. The largest absolute Gasteiger partial charge is 0.497 e. The summed E-state index contributed by atoms with van der Waals surface area (Å²) < 4.78 is 5.22. The van der Waals surface area contributed by atoms with Crippen LogP contribution in [0.2, 0.25) is 0 Å². The van der Waals surface area contributed by atoms with Crippen molar-refractivity contribution in [3.63, 3.8) is 0 Å². The number of nitrogens with one attached hydrogen (secondary N) is 2. The summed E-state index contributed by atoms with van der Waals surface area (Å²) in [5.41, 5.74) is 0.864. The van der Waals surface area contributed by atoms with Crippen molar-refractivity contribution in [1.29, 1.82) is 0 Å². The molecule has 1 aromatic heterocycles. The molecule has 1 heterocycles. The standard InChI is InChI=1S/C22H32N4O3S/c1-4-5-6-7-8-9-10-14-19(27)23-16(2)20(28)24-22-26-25-21(30-22)17-12-11-13-18(15-17)29-3/h11-13,15-16H,4-10,14H2,1-3H3,(H,23,27)(H,24,26,28). The van der Waals surface area contributed by atoms with Gasteiger partial charge in [0.1, 0.15) is 16.8 Å². The van der Waals surface area contributed by atoms with Crippen molar-refractivity contribution in [1.82, 2.24) is 15.5 Å². The molecule has 0 spiro atoms. The molecule has 0 bridgehead atoms. The summed E-state index contributed by atoms with van der Waals surface area (Å²) in [6.45, 7) is 3.87. The third kappa shape index (κ3) is 8.10. The molecule has 1 atom stereocenters. The van der Waals surface area contributed by atoms with Gasteiger partial charge in [0.05, 0.1) is 7.11 Å². The summed E-state index contributed by atoms with van der Waals surface area (Å²) in [4.78, 5) is 24.4. The molecule has 2 N–H and O–H groups in total. The summed E-state index contributed by atoms with van der Waals surface area (Å²) in [6.07, 6.45) is 8.53. The van der Waals surface area contributed by atoms with Gasteiger partial charge in [-0.25, -0.2) is 0 Å². The lowest BCUT2D eigenvalue weighted by Crippen LogP contribution is -2.41. The van der Waals surface area contributed by atoms with Gasteiger partial charge in [0.2, 0.25) is 16.9 Å². The molecule has 1 unspecified atom stereocenters. The number of hydrogen-bond donors (Lipinski definition) is 2. The molecule has 164 valence electrons. The van der Waals surface area contributed by atoms with E-state index in [1.807, 2.05) is 24.3 Å². The van der Waals surface area contributed by atoms with E-state index in [2.05, 4.69) is 27.8 Å². The van der Waals surface area contributed by atoms with Crippen molar-refractivity contribution in [3.05, 3.63) is 24.3 Å². The van der Waals surface area contributed by atoms with Crippen molar-refractivity contribution < 1.29 is 14.3 Å². The maximum atomic E-state index is 12.4. The van der Waals surface area contributed by atoms with Gasteiger partial charge >= 0.3 is 0 Å². The maximum Gasteiger partial charge on any atom is 0.248 e. The minimum Gasteiger partial charge on any atom is -0.497 e. The Labute approximate surface area is 182 Å². The first-order chi connectivity index (χ1) is 14.5. The van der Waals surface area contributed by atoms with E-state index < -0.39 is 6.04 Å². The summed E-state index contributed by atoms with van der Waals surface area (Å²) in [5, 5.41) is 14.7. The fraction of sp³-hybridized carbons (Fsp3) is 0.545. The Kier molecular flexibility index (Phi) is 10.3. The van der Waals surface area contributed by atoms with Crippen LogP contribution in [0.3, 0.4) is 0 Å². The second kappa shape index (κ2) is 13.0. The van der Waals surface area contributed by atoms with E-state index in [0.29, 0.717) is 16.6 Å². The third-order valence-corrected chi connectivity index (χ3v) is 5.64. The molecular formula is C22H32N4O3S. The Hall–Kier alpha value is -2.48. The van der Waals surface area contributed by atoms with Gasteiger partial charge < -0.3 is 10.1 Å². The van der Waals surface area contributed by atoms with E-state index in [9.17, 15) is 9.59 Å². The molecule has 30 heavy (non-hydrogen) atoms. The Morgan fingerprint density at radius 2 is 1.83 bits per heavy atom. The van der Waals surface area contributed by atoms with Crippen molar-refractivity contribution in [2.45, 2.75) is 71.3 Å². The van der Waals surface area contributed by atoms with Gasteiger partial charge in [-0.05, 0) is 25.5 Å². The number of ether oxygens (including phenoxy) is 1. The lowest BCUT2D eigenvalue weighted by atomic mass is 10.1. The maximum absolute atomic E-state index is 12.4. The third-order valence-electron chi connectivity index (χ3n) is 4.75. The molecule has 0 aliphatic heterocycles. The van der Waals surface area contributed by atoms with Crippen LogP contribution in [0.15, 0.2) is 24.3 Å². The first kappa shape index (κ1) is 23.8. The second-order valence-electron chi connectivity index (χ2n) is 7.29. The van der Waals surface area contributed by atoms with Crippen LogP contribution in [0.1, 0.15) is 65.2 Å². The van der Waals surface area contributed by atoms with Gasteiger partial charge in [0, 0.05) is 12.0 Å². The summed E-state index contributed by atoms with van der Waals surface area (Å²) in [6, 6.07) is 6.85. The molecule has 0 saturated heterocycles. The zero-order valence-corrected chi connectivity index (χ0v) is 18.9. The highest BCUT2D eigenvalue weighted by Gasteiger charge is 2.17. The number of carbonyl (C=O) groups excluding carboxylic acids is 2. The summed E-state index contributed by atoms with van der Waals surface area (Å²) in [5.74, 6) is 0.322. The van der Waals surface area contributed by atoms with Crippen LogP contribution in [-0.2, 0) is 9.59 Å². The quantitative estimate of drug-likeness (QED) is 0.444. The van der Waals surface area contributed by atoms with Crippen molar-refractivity contribution in [2.24, 2.45) is 0 Å². The molecule has 2 amide bonds. The number of rotatable bonds is 13. The SMILES string of the molecule is CCCCCCCCCC(=O)NC(C)C(=O)Nc1nnc(-c2cccc(OC)c2)s1. The lowest BCUT2D eigenvalue weighted by Gasteiger charge is -2.12. The molecule has 0 aliphatic carbocycles. The van der Waals surface area contributed by atoms with E-state index in [1.165, 1.54) is 37.0 Å². The molecule has 8 heteroatoms. The van der Waals surface area contributed by atoms with Gasteiger partial charge in [-0.15, -0.1) is 10.2 Å². The van der Waals surface area contributed by atoms with E-state index in [0.717, 1.165) is 30.6 Å². The van der Waals surface area contributed by atoms with Crippen LogP contribution < -0.4 is 15.4 Å². The van der Waals surface area contributed by atoms with E-state index in [-0.39, 0.29) is 11.8 Å². The lowest BCUT2D eigenvalue weighted by molar-refractivity contribution is -0.126. The predicted molar refractivity (Wildman–Crippen MR) is 121 cm³/mol. The highest BCUT2D eigenvalue weighted by molar-refractivity contribution is 7.18. The highest BCUT2D eigenvalue weighted by Crippen LogP contribution is 2.28. The van der Waals surface area contributed by atoms with E-state index in [4.69, 9.17) is 4.74 Å². The van der Waals surface area contributed by atoms with Crippen molar-refractivity contribution in [3.8, 4) is 16.3 Å². The number of methoxy groups -OCH3 is 1. The zero-order valence-electron chi connectivity index (χ0n) is 18.1. The second-order valence-corrected chi connectivity index (χ2v) is 8.27. The first-order valence-corrected chi connectivity index (χ1v) is 11.4. The van der Waals surface area contributed by atoms with Crippen molar-refractivity contribution >= 4 is 28.3 Å². The van der Waals surface area contributed by atoms with Gasteiger partial charge in [-0.3, -0.25) is 14.9 Å². The number of carbonyl (C=O) groups is 2. The number of nitrogens with zero attached hydrogens (tertiary/aromatic N) is 2. The smallest absolute Gasteiger partial charge is 0.248 e. The normalized spacial score (nSPS) is 11.7. The number of unbranched alkanes of at least 4 members (excludes halogenated alkanes) is 6. The Morgan fingerprint density at radius 3 is 2.57 bits per heavy atom. The Balaban J connectivity index is 1.73. The zero-order chi connectivity index (χ0) is 21.8. The number of amides is 2. The molecule has 1 aromatic carbocycles. The minimum absolute atomic E-state index is 0.0967. The topological polar surface area (TPSA) is 93.2 Å². The monoisotopic (exact) mass is 432 g/mol. The summed E-state index contributed by atoms with van der Waals surface area (Å²) >= 11 is 1.27. The fourth-order valence-electron chi connectivity index (χ4n) is 2.98. The number of benzene rings is 1. The molecule has 2 rings (SSSR count). The van der Waals surface area contributed by atoms with E-state index >= 15 is 0 Å². The predicted octanol–water partition coefficient (Wildman–Crippen LogP) is 4.80. The van der Waals surface area contributed by atoms with E-state index in [1.54, 1.807) is 14.0 Å². The van der Waals surface area contributed by atoms with Crippen LogP contribution in [0.25, 0.3) is 10.6 Å². The van der Waals surface area contributed by atoms with Gasteiger partial charge in [0.25, 0.3) is 0 Å². The molecular weight excluding hydrogens is 400 g/mol. The molecule has 7 nitrogen and oxygen atoms in total. The molecule has 2 aromatic rings. The molecule has 0 aliphatic rings. The average molecular weight is 433 g/mol. The Bertz CT molecular complexity index is 809. The Morgan fingerprint density at radius 1 is 1.10 bits per heavy atom. The minimum atomic E-state index is -0.633. The summed E-state index contributed by atoms with van der Waals surface area (Å²) in [7, 11) is 1.61. The van der Waals surface area contributed by atoms with Crippen molar-refractivity contribution in [2.75, 3.05) is 12.4 Å². The number of anilines is 1. The van der Waals surface area contributed by atoms with Crippen LogP contribution in [0.5, 0.6) is 5.75 Å². The molecule has 0 radical (unpaired) electrons. The van der Waals surface area contributed by atoms with Crippen LogP contribution >= 0.6 is 11.3 Å². The van der Waals surface area contributed by atoms with Gasteiger partial charge in [0.15, 0.2) is 0 Å². The fourth-order valence-corrected chi connectivity index (χ4v) is 3.72. The van der Waals surface area contributed by atoms with Crippen LogP contribution in [-0.4, -0.2) is 35.2 Å². The first-order valence-electron chi connectivity index (χ1n) is 10.6. The number of aromatic nitrogens is 2. The highest BCUT2D eigenvalue weighted by atomic mass is 32.1. The van der Waals surface area contributed by atoms with Crippen LogP contribution in [0, 0.1) is 0 Å². The van der Waals surface area contributed by atoms with Gasteiger partial charge in [-0.1, -0.05) is 68.9 Å². The number of hydrogen-bond acceptors (Lipinski definition) is 6. The van der Waals surface area contributed by atoms with Crippen LogP contribution in [0.4, 0.5) is 5.13 Å². The average Bonchev–Trinajstić information content (AvgIpc) is 3.21. The van der Waals surface area contributed by atoms with Gasteiger partial charge in [-0.2, -0.15) is 0 Å².